The number of aromatic nitrogens is 1. The largest absolute Gasteiger partial charge is 0.310 e. The van der Waals surface area contributed by atoms with Crippen LogP contribution in [-0.4, -0.2) is 4.57 Å². The summed E-state index contributed by atoms with van der Waals surface area (Å²) in [4.78, 5) is 2.38. The molecule has 0 fully saturated rings. The molecule has 0 spiro atoms. The third kappa shape index (κ3) is 5.32. The van der Waals surface area contributed by atoms with Gasteiger partial charge in [-0.15, -0.1) is 11.3 Å². The Morgan fingerprint density at radius 1 is 0.345 bits per heavy atom. The summed E-state index contributed by atoms with van der Waals surface area (Å²) in [6.07, 6.45) is 0. The topological polar surface area (TPSA) is 8.17 Å². The Labute approximate surface area is 323 Å². The van der Waals surface area contributed by atoms with E-state index in [9.17, 15) is 0 Å². The van der Waals surface area contributed by atoms with Gasteiger partial charge in [-0.3, -0.25) is 0 Å². The van der Waals surface area contributed by atoms with Crippen LogP contribution in [-0.2, 0) is 0 Å². The summed E-state index contributed by atoms with van der Waals surface area (Å²) in [7, 11) is 0. The fraction of sp³-hybridized carbons (Fsp3) is 0. The Bertz CT molecular complexity index is 3180. The highest BCUT2D eigenvalue weighted by atomic mass is 32.1. The summed E-state index contributed by atoms with van der Waals surface area (Å²) < 4.78 is 5.06. The summed E-state index contributed by atoms with van der Waals surface area (Å²) in [5, 5.41) is 7.76. The van der Waals surface area contributed by atoms with E-state index in [1.54, 1.807) is 0 Å². The maximum absolute atomic E-state index is 2.39. The minimum atomic E-state index is 1.10. The van der Waals surface area contributed by atoms with Gasteiger partial charge in [0, 0.05) is 53.7 Å². The molecule has 55 heavy (non-hydrogen) atoms. The maximum atomic E-state index is 2.39. The van der Waals surface area contributed by atoms with Gasteiger partial charge in [0.05, 0.1) is 11.0 Å². The van der Waals surface area contributed by atoms with Crippen molar-refractivity contribution in [1.82, 2.24) is 4.57 Å². The summed E-state index contributed by atoms with van der Waals surface area (Å²) in [6.45, 7) is 0. The highest BCUT2D eigenvalue weighted by molar-refractivity contribution is 7.26. The molecule has 0 amide bonds. The lowest BCUT2D eigenvalue weighted by Crippen LogP contribution is -2.10. The zero-order valence-electron chi connectivity index (χ0n) is 29.9. The first-order chi connectivity index (χ1) is 27.3. The Morgan fingerprint density at radius 3 is 1.67 bits per heavy atom. The molecule has 0 bridgehead atoms. The minimum absolute atomic E-state index is 1.10. The highest BCUT2D eigenvalue weighted by Crippen LogP contribution is 2.42. The second-order valence-corrected chi connectivity index (χ2v) is 15.2. The molecule has 0 aliphatic heterocycles. The minimum Gasteiger partial charge on any atom is -0.310 e. The van der Waals surface area contributed by atoms with Crippen LogP contribution in [0.1, 0.15) is 0 Å². The smallest absolute Gasteiger partial charge is 0.0561 e. The monoisotopic (exact) mass is 718 g/mol. The number of hydrogen-bond donors (Lipinski definition) is 0. The zero-order valence-corrected chi connectivity index (χ0v) is 30.7. The van der Waals surface area contributed by atoms with Crippen LogP contribution in [0.2, 0.25) is 0 Å². The third-order valence-corrected chi connectivity index (χ3v) is 12.1. The normalized spacial score (nSPS) is 11.6. The van der Waals surface area contributed by atoms with Gasteiger partial charge in [-0.05, 0) is 106 Å². The molecule has 2 aromatic heterocycles. The van der Waals surface area contributed by atoms with E-state index >= 15 is 0 Å². The van der Waals surface area contributed by atoms with Crippen molar-refractivity contribution in [3.05, 3.63) is 206 Å². The molecule has 11 rings (SSSR count). The average molecular weight is 719 g/mol. The number of anilines is 3. The Kier molecular flexibility index (Phi) is 7.39. The molecule has 0 unspecified atom stereocenters. The van der Waals surface area contributed by atoms with Crippen LogP contribution in [0.3, 0.4) is 0 Å². The third-order valence-electron chi connectivity index (χ3n) is 11.0. The predicted octanol–water partition coefficient (Wildman–Crippen LogP) is 15.1. The standard InChI is InChI=1S/C52H34N2S/c1-3-11-35(12-4-1)36-19-25-41(26-20-36)53(43-29-31-46-45-15-7-9-17-48(45)54(49(46)34-43)40-13-5-2-6-14-40)42-27-21-37(22-28-42)38-23-30-44-39(33-38)24-32-51-52(44)47-16-8-10-18-50(47)55-51/h1-34H. The second kappa shape index (κ2) is 12.9. The second-order valence-electron chi connectivity index (χ2n) is 14.2. The van der Waals surface area contributed by atoms with E-state index in [2.05, 4.69) is 216 Å². The van der Waals surface area contributed by atoms with Crippen LogP contribution >= 0.6 is 11.3 Å². The fourth-order valence-electron chi connectivity index (χ4n) is 8.37. The predicted molar refractivity (Wildman–Crippen MR) is 237 cm³/mol. The van der Waals surface area contributed by atoms with Crippen molar-refractivity contribution in [2.24, 2.45) is 0 Å². The summed E-state index contributed by atoms with van der Waals surface area (Å²) in [6, 6.07) is 75.1. The summed E-state index contributed by atoms with van der Waals surface area (Å²) in [5.41, 5.74) is 11.7. The lowest BCUT2D eigenvalue weighted by molar-refractivity contribution is 1.18. The molecule has 0 atom stereocenters. The summed E-state index contributed by atoms with van der Waals surface area (Å²) >= 11 is 1.87. The maximum Gasteiger partial charge on any atom is 0.0561 e. The van der Waals surface area contributed by atoms with Crippen molar-refractivity contribution in [2.75, 3.05) is 4.90 Å². The van der Waals surface area contributed by atoms with Crippen molar-refractivity contribution in [3.63, 3.8) is 0 Å². The van der Waals surface area contributed by atoms with Gasteiger partial charge >= 0.3 is 0 Å². The molecule has 3 heteroatoms. The molecule has 258 valence electrons. The molecule has 0 saturated carbocycles. The molecular weight excluding hydrogens is 685 g/mol. The van der Waals surface area contributed by atoms with Crippen LogP contribution in [0.4, 0.5) is 17.1 Å². The van der Waals surface area contributed by atoms with E-state index in [4.69, 9.17) is 0 Å². The number of benzene rings is 9. The molecule has 11 aromatic rings. The lowest BCUT2D eigenvalue weighted by atomic mass is 9.98. The van der Waals surface area contributed by atoms with Crippen LogP contribution in [0.5, 0.6) is 0 Å². The van der Waals surface area contributed by atoms with Gasteiger partial charge in [0.15, 0.2) is 0 Å². The molecule has 2 heterocycles. The highest BCUT2D eigenvalue weighted by Gasteiger charge is 2.18. The number of fused-ring (bicyclic) bond motifs is 8. The fourth-order valence-corrected chi connectivity index (χ4v) is 9.49. The first kappa shape index (κ1) is 31.6. The van der Waals surface area contributed by atoms with E-state index < -0.39 is 0 Å². The first-order valence-electron chi connectivity index (χ1n) is 18.8. The van der Waals surface area contributed by atoms with Gasteiger partial charge in [-0.1, -0.05) is 133 Å². The molecule has 0 aliphatic carbocycles. The number of thiophene rings is 1. The van der Waals surface area contributed by atoms with Crippen LogP contribution < -0.4 is 4.90 Å². The van der Waals surface area contributed by atoms with E-state index in [-0.39, 0.29) is 0 Å². The van der Waals surface area contributed by atoms with Crippen LogP contribution in [0, 0.1) is 0 Å². The Balaban J connectivity index is 1.04. The average Bonchev–Trinajstić information content (AvgIpc) is 3.81. The quantitative estimate of drug-likeness (QED) is 0.166. The van der Waals surface area contributed by atoms with Gasteiger partial charge in [0.25, 0.3) is 0 Å². The number of hydrogen-bond acceptors (Lipinski definition) is 2. The van der Waals surface area contributed by atoms with E-state index in [0.29, 0.717) is 0 Å². The molecule has 2 nitrogen and oxygen atoms in total. The van der Waals surface area contributed by atoms with Crippen molar-refractivity contribution < 1.29 is 0 Å². The van der Waals surface area contributed by atoms with Crippen molar-refractivity contribution in [3.8, 4) is 27.9 Å². The lowest BCUT2D eigenvalue weighted by Gasteiger charge is -2.26. The van der Waals surface area contributed by atoms with Gasteiger partial charge in [-0.25, -0.2) is 0 Å². The Morgan fingerprint density at radius 2 is 0.909 bits per heavy atom. The number of rotatable bonds is 6. The SMILES string of the molecule is c1ccc(-c2ccc(N(c3ccc(-c4ccc5c(ccc6sc7ccccc7c65)c4)cc3)c3ccc4c5ccccc5n(-c5ccccc5)c4c3)cc2)cc1. The first-order valence-corrected chi connectivity index (χ1v) is 19.6. The zero-order chi connectivity index (χ0) is 36.3. The van der Waals surface area contributed by atoms with E-state index in [1.807, 2.05) is 11.3 Å². The number of para-hydroxylation sites is 2. The van der Waals surface area contributed by atoms with Gasteiger partial charge < -0.3 is 9.47 Å². The summed E-state index contributed by atoms with van der Waals surface area (Å²) in [5.74, 6) is 0. The molecule has 0 N–H and O–H groups in total. The van der Waals surface area contributed by atoms with Crippen molar-refractivity contribution in [2.45, 2.75) is 0 Å². The van der Waals surface area contributed by atoms with Gasteiger partial charge in [-0.2, -0.15) is 0 Å². The van der Waals surface area contributed by atoms with Crippen molar-refractivity contribution >= 4 is 81.1 Å². The van der Waals surface area contributed by atoms with Gasteiger partial charge in [0.2, 0.25) is 0 Å². The van der Waals surface area contributed by atoms with Crippen LogP contribution in [0.25, 0.3) is 80.7 Å². The molecule has 9 aromatic carbocycles. The molecule has 0 saturated heterocycles. The molecular formula is C52H34N2S. The molecule has 0 aliphatic rings. The van der Waals surface area contributed by atoms with Gasteiger partial charge in [0.1, 0.15) is 0 Å². The van der Waals surface area contributed by atoms with Crippen LogP contribution in [0.15, 0.2) is 206 Å². The molecule has 0 radical (unpaired) electrons. The van der Waals surface area contributed by atoms with E-state index in [1.165, 1.54) is 75.0 Å². The Hall–Kier alpha value is -6.94. The van der Waals surface area contributed by atoms with E-state index in [0.717, 1.165) is 22.7 Å². The van der Waals surface area contributed by atoms with Crippen molar-refractivity contribution in [1.29, 1.82) is 0 Å². The number of nitrogens with zero attached hydrogens (tertiary/aromatic N) is 2.